The van der Waals surface area contributed by atoms with Crippen molar-refractivity contribution in [3.05, 3.63) is 27.5 Å². The number of carbonyl (C=O) groups excluding carboxylic acids is 1. The lowest BCUT2D eigenvalue weighted by atomic mass is 9.96. The summed E-state index contributed by atoms with van der Waals surface area (Å²) < 4.78 is 5.17. The normalized spacial score (nSPS) is 18.0. The summed E-state index contributed by atoms with van der Waals surface area (Å²) in [5, 5.41) is 8.34. The van der Waals surface area contributed by atoms with Crippen LogP contribution in [0.4, 0.5) is 0 Å². The van der Waals surface area contributed by atoms with Crippen molar-refractivity contribution in [2.45, 2.75) is 51.5 Å². The molecule has 0 aromatic carbocycles. The fourth-order valence-corrected chi connectivity index (χ4v) is 4.68. The molecule has 3 heterocycles. The second-order valence-electron chi connectivity index (χ2n) is 6.62. The van der Waals surface area contributed by atoms with Crippen molar-refractivity contribution < 1.29 is 9.53 Å². The third-order valence-corrected chi connectivity index (χ3v) is 6.25. The first-order valence-corrected chi connectivity index (χ1v) is 9.35. The Hall–Kier alpha value is -1.89. The van der Waals surface area contributed by atoms with E-state index < -0.39 is 0 Å². The van der Waals surface area contributed by atoms with Gasteiger partial charge in [-0.3, -0.25) is 9.89 Å². The van der Waals surface area contributed by atoms with Crippen LogP contribution in [0.15, 0.2) is 0 Å². The molecule has 24 heavy (non-hydrogen) atoms. The maximum atomic E-state index is 12.9. The lowest BCUT2D eigenvalue weighted by Gasteiger charge is -2.27. The topological polar surface area (TPSA) is 71.1 Å². The van der Waals surface area contributed by atoms with E-state index in [2.05, 4.69) is 15.2 Å². The number of rotatable bonds is 3. The summed E-state index contributed by atoms with van der Waals surface area (Å²) in [5.74, 6) is 0.614. The molecule has 2 aromatic rings. The quantitative estimate of drug-likeness (QED) is 0.927. The minimum absolute atomic E-state index is 0.0533. The van der Waals surface area contributed by atoms with E-state index in [9.17, 15) is 4.79 Å². The zero-order valence-corrected chi connectivity index (χ0v) is 14.9. The molecule has 6 nitrogen and oxygen atoms in total. The van der Waals surface area contributed by atoms with Crippen molar-refractivity contribution in [2.24, 2.45) is 0 Å². The summed E-state index contributed by atoms with van der Waals surface area (Å²) in [4.78, 5) is 19.8. The SMILES string of the molecule is COc1nc(C)c(C(=O)N2CCc3[nH]nc(C4CCCC4)c3C2)s1. The standard InChI is InChI=1S/C17H22N4O2S/c1-10-15(24-17(18-10)23-2)16(22)21-8-7-13-12(9-21)14(20-19-13)11-5-3-4-6-11/h11H,3-9H2,1-2H3,(H,19,20). The first-order valence-electron chi connectivity index (χ1n) is 8.54. The first kappa shape index (κ1) is 15.6. The van der Waals surface area contributed by atoms with E-state index in [0.29, 0.717) is 22.5 Å². The molecule has 0 unspecified atom stereocenters. The van der Waals surface area contributed by atoms with Gasteiger partial charge in [0, 0.05) is 36.7 Å². The number of aryl methyl sites for hydroxylation is 1. The highest BCUT2D eigenvalue weighted by Crippen LogP contribution is 2.37. The van der Waals surface area contributed by atoms with Gasteiger partial charge in [0.2, 0.25) is 0 Å². The number of fused-ring (bicyclic) bond motifs is 1. The second kappa shape index (κ2) is 6.20. The van der Waals surface area contributed by atoms with Crippen molar-refractivity contribution in [1.82, 2.24) is 20.1 Å². The van der Waals surface area contributed by atoms with Crippen molar-refractivity contribution >= 4 is 17.2 Å². The smallest absolute Gasteiger partial charge is 0.273 e. The van der Waals surface area contributed by atoms with Crippen LogP contribution in [0, 0.1) is 6.92 Å². The van der Waals surface area contributed by atoms with Crippen LogP contribution in [-0.2, 0) is 13.0 Å². The second-order valence-corrected chi connectivity index (χ2v) is 7.58. The molecule has 0 radical (unpaired) electrons. The molecule has 128 valence electrons. The van der Waals surface area contributed by atoms with Crippen LogP contribution in [-0.4, -0.2) is 39.6 Å². The molecule has 2 aromatic heterocycles. The fraction of sp³-hybridized carbons (Fsp3) is 0.588. The van der Waals surface area contributed by atoms with Gasteiger partial charge in [-0.05, 0) is 19.8 Å². The zero-order valence-electron chi connectivity index (χ0n) is 14.1. The number of methoxy groups -OCH3 is 1. The van der Waals surface area contributed by atoms with Crippen LogP contribution < -0.4 is 4.74 Å². The summed E-state index contributed by atoms with van der Waals surface area (Å²) in [6, 6.07) is 0. The highest BCUT2D eigenvalue weighted by atomic mass is 32.1. The highest BCUT2D eigenvalue weighted by Gasteiger charge is 2.31. The summed E-state index contributed by atoms with van der Waals surface area (Å²) in [6.45, 7) is 3.23. The van der Waals surface area contributed by atoms with Crippen molar-refractivity contribution in [3.63, 3.8) is 0 Å². The molecule has 0 bridgehead atoms. The Labute approximate surface area is 145 Å². The molecule has 1 N–H and O–H groups in total. The van der Waals surface area contributed by atoms with E-state index in [1.54, 1.807) is 7.11 Å². The van der Waals surface area contributed by atoms with Gasteiger partial charge < -0.3 is 9.64 Å². The van der Waals surface area contributed by atoms with E-state index >= 15 is 0 Å². The predicted octanol–water partition coefficient (Wildman–Crippen LogP) is 3.04. The summed E-state index contributed by atoms with van der Waals surface area (Å²) in [6.07, 6.45) is 5.85. The zero-order chi connectivity index (χ0) is 16.7. The molecular weight excluding hydrogens is 324 g/mol. The van der Waals surface area contributed by atoms with Gasteiger partial charge in [-0.1, -0.05) is 24.2 Å². The lowest BCUT2D eigenvalue weighted by molar-refractivity contribution is 0.0737. The van der Waals surface area contributed by atoms with Crippen LogP contribution in [0.3, 0.4) is 0 Å². The Kier molecular flexibility index (Phi) is 4.04. The number of amides is 1. The van der Waals surface area contributed by atoms with Crippen LogP contribution in [0.1, 0.15) is 63.9 Å². The van der Waals surface area contributed by atoms with Gasteiger partial charge in [-0.2, -0.15) is 5.10 Å². The molecule has 0 spiro atoms. The number of aromatic amines is 1. The Balaban J connectivity index is 1.58. The van der Waals surface area contributed by atoms with Gasteiger partial charge in [-0.25, -0.2) is 4.98 Å². The number of H-pyrrole nitrogens is 1. The highest BCUT2D eigenvalue weighted by molar-refractivity contribution is 7.15. The third kappa shape index (κ3) is 2.60. The van der Waals surface area contributed by atoms with E-state index in [4.69, 9.17) is 4.74 Å². The van der Waals surface area contributed by atoms with Crippen LogP contribution in [0.5, 0.6) is 5.19 Å². The number of thiazole rings is 1. The number of nitrogens with zero attached hydrogens (tertiary/aromatic N) is 3. The summed E-state index contributed by atoms with van der Waals surface area (Å²) in [7, 11) is 1.58. The summed E-state index contributed by atoms with van der Waals surface area (Å²) >= 11 is 1.33. The van der Waals surface area contributed by atoms with Crippen LogP contribution in [0.25, 0.3) is 0 Å². The van der Waals surface area contributed by atoms with Gasteiger partial charge in [0.15, 0.2) is 0 Å². The van der Waals surface area contributed by atoms with Crippen molar-refractivity contribution in [2.75, 3.05) is 13.7 Å². The van der Waals surface area contributed by atoms with E-state index in [0.717, 1.165) is 18.7 Å². The molecule has 1 fully saturated rings. The molecule has 1 amide bonds. The van der Waals surface area contributed by atoms with Crippen molar-refractivity contribution in [3.8, 4) is 5.19 Å². The Morgan fingerprint density at radius 2 is 2.17 bits per heavy atom. The molecule has 1 aliphatic carbocycles. The molecule has 2 aliphatic rings. The lowest BCUT2D eigenvalue weighted by Crippen LogP contribution is -2.36. The Morgan fingerprint density at radius 1 is 1.38 bits per heavy atom. The minimum Gasteiger partial charge on any atom is -0.473 e. The van der Waals surface area contributed by atoms with Gasteiger partial charge in [0.25, 0.3) is 11.1 Å². The largest absolute Gasteiger partial charge is 0.473 e. The van der Waals surface area contributed by atoms with Crippen LogP contribution >= 0.6 is 11.3 Å². The first-order chi connectivity index (χ1) is 11.7. The molecule has 1 aliphatic heterocycles. The average Bonchev–Trinajstić information content (AvgIpc) is 3.32. The Bertz CT molecular complexity index is 761. The maximum absolute atomic E-state index is 12.9. The molecule has 7 heteroatoms. The maximum Gasteiger partial charge on any atom is 0.273 e. The molecular formula is C17H22N4O2S. The monoisotopic (exact) mass is 346 g/mol. The fourth-order valence-electron chi connectivity index (χ4n) is 3.83. The Morgan fingerprint density at radius 3 is 2.88 bits per heavy atom. The number of hydrogen-bond acceptors (Lipinski definition) is 5. The number of ether oxygens (including phenoxy) is 1. The van der Waals surface area contributed by atoms with Crippen LogP contribution in [0.2, 0.25) is 0 Å². The summed E-state index contributed by atoms with van der Waals surface area (Å²) in [5.41, 5.74) is 4.39. The van der Waals surface area contributed by atoms with Gasteiger partial charge in [0.05, 0.1) is 18.5 Å². The number of hydrogen-bond donors (Lipinski definition) is 1. The van der Waals surface area contributed by atoms with E-state index in [-0.39, 0.29) is 5.91 Å². The number of nitrogens with one attached hydrogen (secondary N) is 1. The number of aromatic nitrogens is 3. The van der Waals surface area contributed by atoms with Gasteiger partial charge in [-0.15, -0.1) is 0 Å². The number of carbonyl (C=O) groups is 1. The average molecular weight is 346 g/mol. The van der Waals surface area contributed by atoms with Gasteiger partial charge >= 0.3 is 0 Å². The molecule has 1 saturated carbocycles. The molecule has 4 rings (SSSR count). The van der Waals surface area contributed by atoms with E-state index in [1.165, 1.54) is 54.0 Å². The van der Waals surface area contributed by atoms with Gasteiger partial charge in [0.1, 0.15) is 4.88 Å². The van der Waals surface area contributed by atoms with Crippen molar-refractivity contribution in [1.29, 1.82) is 0 Å². The molecule has 0 atom stereocenters. The predicted molar refractivity (Wildman–Crippen MR) is 91.6 cm³/mol. The third-order valence-electron chi connectivity index (χ3n) is 5.14. The molecule has 0 saturated heterocycles. The minimum atomic E-state index is 0.0533. The van der Waals surface area contributed by atoms with E-state index in [1.807, 2.05) is 11.8 Å².